The standard InChI is InChI=1S/C19H24N4O2S2/c1-14-3-5-15(6-4-14)13-16-18(25)23(19(26)27-16)8-7-17(24)20-22-11-9-21(2)10-12-22/h3-6,13H,7-12H2,1-2H3,(H,20,24)/b16-13-. The zero-order valence-electron chi connectivity index (χ0n) is 15.6. The summed E-state index contributed by atoms with van der Waals surface area (Å²) < 4.78 is 0.505. The first-order valence-electron chi connectivity index (χ1n) is 8.97. The molecule has 1 N–H and O–H groups in total. The molecule has 2 amide bonds. The Morgan fingerprint density at radius 1 is 1.22 bits per heavy atom. The van der Waals surface area contributed by atoms with E-state index in [2.05, 4.69) is 17.4 Å². The van der Waals surface area contributed by atoms with Crippen molar-refractivity contribution in [2.45, 2.75) is 13.3 Å². The zero-order valence-corrected chi connectivity index (χ0v) is 17.2. The summed E-state index contributed by atoms with van der Waals surface area (Å²) in [6, 6.07) is 7.97. The van der Waals surface area contributed by atoms with Crippen LogP contribution in [0.15, 0.2) is 29.2 Å². The maximum absolute atomic E-state index is 12.6. The van der Waals surface area contributed by atoms with Crippen molar-refractivity contribution in [3.63, 3.8) is 0 Å². The van der Waals surface area contributed by atoms with Crippen LogP contribution in [0, 0.1) is 6.92 Å². The van der Waals surface area contributed by atoms with Crippen LogP contribution in [0.1, 0.15) is 17.5 Å². The van der Waals surface area contributed by atoms with E-state index in [1.54, 1.807) is 0 Å². The van der Waals surface area contributed by atoms with Gasteiger partial charge in [-0.05, 0) is 25.6 Å². The van der Waals surface area contributed by atoms with Gasteiger partial charge in [0.2, 0.25) is 5.91 Å². The van der Waals surface area contributed by atoms with Crippen molar-refractivity contribution >= 4 is 46.2 Å². The molecule has 27 heavy (non-hydrogen) atoms. The van der Waals surface area contributed by atoms with Crippen LogP contribution < -0.4 is 5.43 Å². The van der Waals surface area contributed by atoms with Crippen LogP contribution in [0.2, 0.25) is 0 Å². The molecule has 3 rings (SSSR count). The molecule has 1 aromatic rings. The van der Waals surface area contributed by atoms with Gasteiger partial charge in [0.15, 0.2) is 0 Å². The van der Waals surface area contributed by atoms with Gasteiger partial charge in [0, 0.05) is 39.1 Å². The fourth-order valence-corrected chi connectivity index (χ4v) is 4.18. The lowest BCUT2D eigenvalue weighted by molar-refractivity contribution is -0.127. The number of thioether (sulfide) groups is 1. The van der Waals surface area contributed by atoms with Gasteiger partial charge in [-0.15, -0.1) is 0 Å². The monoisotopic (exact) mass is 404 g/mol. The van der Waals surface area contributed by atoms with Crippen LogP contribution in [0.3, 0.4) is 0 Å². The first-order chi connectivity index (χ1) is 12.9. The van der Waals surface area contributed by atoms with Crippen LogP contribution >= 0.6 is 24.0 Å². The molecule has 1 aromatic carbocycles. The second kappa shape index (κ2) is 8.97. The summed E-state index contributed by atoms with van der Waals surface area (Å²) in [5.41, 5.74) is 5.05. The second-order valence-electron chi connectivity index (χ2n) is 6.82. The van der Waals surface area contributed by atoms with Gasteiger partial charge in [0.1, 0.15) is 4.32 Å². The van der Waals surface area contributed by atoms with Crippen molar-refractivity contribution in [2.75, 3.05) is 39.8 Å². The number of nitrogens with zero attached hydrogens (tertiary/aromatic N) is 3. The maximum Gasteiger partial charge on any atom is 0.266 e. The molecule has 0 radical (unpaired) electrons. The maximum atomic E-state index is 12.6. The van der Waals surface area contributed by atoms with Gasteiger partial charge >= 0.3 is 0 Å². The fourth-order valence-electron chi connectivity index (χ4n) is 2.87. The van der Waals surface area contributed by atoms with E-state index in [4.69, 9.17) is 12.2 Å². The van der Waals surface area contributed by atoms with E-state index < -0.39 is 0 Å². The Kier molecular flexibility index (Phi) is 6.64. The molecule has 0 saturated carbocycles. The van der Waals surface area contributed by atoms with E-state index in [0.29, 0.717) is 15.8 Å². The Labute approximate surface area is 169 Å². The van der Waals surface area contributed by atoms with Gasteiger partial charge < -0.3 is 4.90 Å². The van der Waals surface area contributed by atoms with E-state index in [1.165, 1.54) is 22.2 Å². The van der Waals surface area contributed by atoms with E-state index in [1.807, 2.05) is 42.3 Å². The predicted molar refractivity (Wildman–Crippen MR) is 113 cm³/mol. The average molecular weight is 405 g/mol. The summed E-state index contributed by atoms with van der Waals surface area (Å²) in [5.74, 6) is -0.214. The molecule has 144 valence electrons. The number of amides is 2. The molecule has 6 nitrogen and oxygen atoms in total. The van der Waals surface area contributed by atoms with Gasteiger partial charge in [-0.2, -0.15) is 0 Å². The van der Waals surface area contributed by atoms with Crippen LogP contribution in [0.5, 0.6) is 0 Å². The van der Waals surface area contributed by atoms with Crippen LogP contribution in [0.4, 0.5) is 0 Å². The normalized spacial score (nSPS) is 20.5. The molecule has 0 bridgehead atoms. The van der Waals surface area contributed by atoms with Crippen molar-refractivity contribution in [3.8, 4) is 0 Å². The summed E-state index contributed by atoms with van der Waals surface area (Å²) in [6.45, 7) is 5.80. The molecule has 0 atom stereocenters. The summed E-state index contributed by atoms with van der Waals surface area (Å²) in [5, 5.41) is 1.93. The van der Waals surface area contributed by atoms with Crippen LogP contribution in [-0.4, -0.2) is 70.7 Å². The number of hydrogen-bond acceptors (Lipinski definition) is 6. The zero-order chi connectivity index (χ0) is 19.4. The Bertz CT molecular complexity index is 755. The Balaban J connectivity index is 1.53. The summed E-state index contributed by atoms with van der Waals surface area (Å²) in [6.07, 6.45) is 2.08. The third-order valence-electron chi connectivity index (χ3n) is 4.60. The number of carbonyl (C=O) groups excluding carboxylic acids is 2. The number of hydrogen-bond donors (Lipinski definition) is 1. The highest BCUT2D eigenvalue weighted by Crippen LogP contribution is 2.32. The number of thiocarbonyl (C=S) groups is 1. The lowest BCUT2D eigenvalue weighted by atomic mass is 10.1. The molecule has 8 heteroatoms. The van der Waals surface area contributed by atoms with Crippen LogP contribution in [0.25, 0.3) is 6.08 Å². The largest absolute Gasteiger partial charge is 0.304 e. The highest BCUT2D eigenvalue weighted by molar-refractivity contribution is 8.26. The number of nitrogens with one attached hydrogen (secondary N) is 1. The molecule has 2 fully saturated rings. The summed E-state index contributed by atoms with van der Waals surface area (Å²) in [7, 11) is 2.07. The molecule has 2 aliphatic rings. The number of benzene rings is 1. The number of likely N-dealkylation sites (N-methyl/N-ethyl adjacent to an activating group) is 1. The highest BCUT2D eigenvalue weighted by Gasteiger charge is 2.32. The molecule has 2 aliphatic heterocycles. The second-order valence-corrected chi connectivity index (χ2v) is 8.50. The lowest BCUT2D eigenvalue weighted by Crippen LogP contribution is -2.52. The molecule has 0 spiro atoms. The van der Waals surface area contributed by atoms with E-state index in [-0.39, 0.29) is 18.2 Å². The van der Waals surface area contributed by atoms with E-state index in [0.717, 1.165) is 31.7 Å². The minimum absolute atomic E-state index is 0.0869. The van der Waals surface area contributed by atoms with Crippen molar-refractivity contribution in [3.05, 3.63) is 40.3 Å². The average Bonchev–Trinajstić information content (AvgIpc) is 2.90. The fraction of sp³-hybridized carbons (Fsp3) is 0.421. The molecular weight excluding hydrogens is 380 g/mol. The predicted octanol–water partition coefficient (Wildman–Crippen LogP) is 1.86. The first-order valence-corrected chi connectivity index (χ1v) is 10.2. The van der Waals surface area contributed by atoms with Crippen molar-refractivity contribution in [1.82, 2.24) is 20.2 Å². The number of aryl methyl sites for hydroxylation is 1. The number of hydrazine groups is 1. The van der Waals surface area contributed by atoms with Gasteiger partial charge in [-0.25, -0.2) is 5.01 Å². The molecular formula is C19H24N4O2S2. The molecule has 0 unspecified atom stereocenters. The molecule has 2 heterocycles. The first kappa shape index (κ1) is 20.0. The number of rotatable bonds is 5. The van der Waals surface area contributed by atoms with Crippen molar-refractivity contribution in [1.29, 1.82) is 0 Å². The lowest BCUT2D eigenvalue weighted by Gasteiger charge is -2.32. The van der Waals surface area contributed by atoms with Crippen LogP contribution in [-0.2, 0) is 9.59 Å². The third-order valence-corrected chi connectivity index (χ3v) is 5.98. The van der Waals surface area contributed by atoms with Gasteiger partial charge in [-0.1, -0.05) is 53.8 Å². The Morgan fingerprint density at radius 2 is 1.89 bits per heavy atom. The molecule has 0 aliphatic carbocycles. The minimum Gasteiger partial charge on any atom is -0.304 e. The van der Waals surface area contributed by atoms with Gasteiger partial charge in [0.05, 0.1) is 4.91 Å². The number of carbonyl (C=O) groups is 2. The molecule has 2 saturated heterocycles. The number of piperazine rings is 1. The molecule has 0 aromatic heterocycles. The Hall–Kier alpha value is -1.74. The Morgan fingerprint density at radius 3 is 2.56 bits per heavy atom. The summed E-state index contributed by atoms with van der Waals surface area (Å²) >= 11 is 6.63. The van der Waals surface area contributed by atoms with Crippen molar-refractivity contribution < 1.29 is 9.59 Å². The highest BCUT2D eigenvalue weighted by atomic mass is 32.2. The van der Waals surface area contributed by atoms with E-state index >= 15 is 0 Å². The quantitative estimate of drug-likeness (QED) is 0.597. The van der Waals surface area contributed by atoms with E-state index in [9.17, 15) is 9.59 Å². The SMILES string of the molecule is Cc1ccc(/C=C2\SC(=S)N(CCC(=O)NN3CCN(C)CC3)C2=O)cc1. The van der Waals surface area contributed by atoms with Gasteiger partial charge in [-0.3, -0.25) is 19.9 Å². The smallest absolute Gasteiger partial charge is 0.266 e. The minimum atomic E-state index is -0.127. The van der Waals surface area contributed by atoms with Gasteiger partial charge in [0.25, 0.3) is 5.91 Å². The van der Waals surface area contributed by atoms with Crippen molar-refractivity contribution in [2.24, 2.45) is 0 Å². The topological polar surface area (TPSA) is 55.9 Å². The summed E-state index contributed by atoms with van der Waals surface area (Å²) in [4.78, 5) is 29.2. The third kappa shape index (κ3) is 5.38.